The van der Waals surface area contributed by atoms with E-state index in [0.29, 0.717) is 13.1 Å². The third-order valence-electron chi connectivity index (χ3n) is 3.80. The average molecular weight is 330 g/mol. The largest absolute Gasteiger partial charge is 0.454 e. The summed E-state index contributed by atoms with van der Waals surface area (Å²) >= 11 is 0. The Morgan fingerprint density at radius 1 is 1.25 bits per heavy atom. The van der Waals surface area contributed by atoms with Crippen LogP contribution in [-0.4, -0.2) is 34.1 Å². The quantitative estimate of drug-likeness (QED) is 0.631. The molecule has 0 unspecified atom stereocenters. The molecule has 8 heteroatoms. The molecule has 0 bridgehead atoms. The van der Waals surface area contributed by atoms with E-state index < -0.39 is 0 Å². The van der Waals surface area contributed by atoms with Crippen molar-refractivity contribution in [1.29, 1.82) is 0 Å². The van der Waals surface area contributed by atoms with Gasteiger partial charge in [-0.15, -0.1) is 10.2 Å². The Hall–Kier alpha value is -2.77. The predicted molar refractivity (Wildman–Crippen MR) is 90.0 cm³/mol. The summed E-state index contributed by atoms with van der Waals surface area (Å²) in [6, 6.07) is 5.86. The van der Waals surface area contributed by atoms with Crippen molar-refractivity contribution in [2.75, 3.05) is 13.3 Å². The molecule has 1 aliphatic rings. The number of aromatic nitrogens is 3. The monoisotopic (exact) mass is 330 g/mol. The maximum atomic E-state index is 5.39. The number of ether oxygens (including phenoxy) is 2. The lowest BCUT2D eigenvalue weighted by Crippen LogP contribution is -2.37. The van der Waals surface area contributed by atoms with Crippen molar-refractivity contribution < 1.29 is 9.47 Å². The first kappa shape index (κ1) is 16.1. The van der Waals surface area contributed by atoms with E-state index in [1.165, 1.54) is 0 Å². The number of fused-ring (bicyclic) bond motifs is 1. The zero-order chi connectivity index (χ0) is 16.9. The molecule has 1 aromatic heterocycles. The fourth-order valence-corrected chi connectivity index (χ4v) is 2.32. The van der Waals surface area contributed by atoms with Crippen LogP contribution in [0.3, 0.4) is 0 Å². The van der Waals surface area contributed by atoms with Gasteiger partial charge in [0.15, 0.2) is 23.3 Å². The molecule has 24 heavy (non-hydrogen) atoms. The molecular formula is C16H22N6O2. The number of benzene rings is 1. The van der Waals surface area contributed by atoms with Crippen molar-refractivity contribution in [3.05, 3.63) is 35.4 Å². The van der Waals surface area contributed by atoms with Crippen LogP contribution in [0.25, 0.3) is 0 Å². The standard InChI is InChI=1S/C16H22N6O2/c1-4-17-16(19-9-15-21-20-11(2)22(15)3)18-8-12-5-6-13-14(7-12)24-10-23-13/h5-7H,4,8-10H2,1-3H3,(H2,17,18,19). The first-order valence-corrected chi connectivity index (χ1v) is 7.93. The van der Waals surface area contributed by atoms with Crippen LogP contribution < -0.4 is 20.1 Å². The number of hydrogen-bond donors (Lipinski definition) is 2. The highest BCUT2D eigenvalue weighted by Crippen LogP contribution is 2.32. The highest BCUT2D eigenvalue weighted by Gasteiger charge is 2.13. The SMILES string of the molecule is CCNC(=NCc1ccc2c(c1)OCO2)NCc1nnc(C)n1C. The zero-order valence-electron chi connectivity index (χ0n) is 14.2. The van der Waals surface area contributed by atoms with Crippen LogP contribution in [0.4, 0.5) is 0 Å². The van der Waals surface area contributed by atoms with Crippen molar-refractivity contribution in [1.82, 2.24) is 25.4 Å². The molecule has 0 spiro atoms. The van der Waals surface area contributed by atoms with Crippen LogP contribution in [0.5, 0.6) is 11.5 Å². The maximum Gasteiger partial charge on any atom is 0.231 e. The summed E-state index contributed by atoms with van der Waals surface area (Å²) in [7, 11) is 1.95. The molecule has 0 fully saturated rings. The molecule has 0 amide bonds. The number of aliphatic imine (C=N–C) groups is 1. The van der Waals surface area contributed by atoms with E-state index in [-0.39, 0.29) is 6.79 Å². The van der Waals surface area contributed by atoms with Gasteiger partial charge in [0.2, 0.25) is 6.79 Å². The van der Waals surface area contributed by atoms with Crippen LogP contribution in [-0.2, 0) is 20.1 Å². The number of hydrogen-bond acceptors (Lipinski definition) is 5. The van der Waals surface area contributed by atoms with E-state index in [9.17, 15) is 0 Å². The Bertz CT molecular complexity index is 740. The summed E-state index contributed by atoms with van der Waals surface area (Å²) < 4.78 is 12.7. The van der Waals surface area contributed by atoms with Crippen LogP contribution in [0.1, 0.15) is 24.1 Å². The van der Waals surface area contributed by atoms with Crippen molar-refractivity contribution >= 4 is 5.96 Å². The molecule has 2 heterocycles. The number of aryl methyl sites for hydroxylation is 1. The Balaban J connectivity index is 1.64. The summed E-state index contributed by atoms with van der Waals surface area (Å²) in [6.07, 6.45) is 0. The molecule has 0 radical (unpaired) electrons. The van der Waals surface area contributed by atoms with Crippen LogP contribution in [0.2, 0.25) is 0 Å². The fraction of sp³-hybridized carbons (Fsp3) is 0.438. The van der Waals surface area contributed by atoms with Crippen LogP contribution in [0.15, 0.2) is 23.2 Å². The third-order valence-corrected chi connectivity index (χ3v) is 3.80. The second-order valence-corrected chi connectivity index (χ2v) is 5.46. The van der Waals surface area contributed by atoms with E-state index in [1.807, 2.05) is 43.7 Å². The molecule has 0 saturated carbocycles. The normalized spacial score (nSPS) is 13.2. The van der Waals surface area contributed by atoms with Crippen LogP contribution >= 0.6 is 0 Å². The number of nitrogens with one attached hydrogen (secondary N) is 2. The zero-order valence-corrected chi connectivity index (χ0v) is 14.2. The van der Waals surface area contributed by atoms with E-state index in [0.717, 1.165) is 41.2 Å². The first-order chi connectivity index (χ1) is 11.7. The van der Waals surface area contributed by atoms with E-state index in [1.54, 1.807) is 0 Å². The molecule has 0 aliphatic carbocycles. The third kappa shape index (κ3) is 3.58. The van der Waals surface area contributed by atoms with E-state index in [2.05, 4.69) is 25.8 Å². The summed E-state index contributed by atoms with van der Waals surface area (Å²) in [5.74, 6) is 4.03. The minimum absolute atomic E-state index is 0.281. The molecule has 3 rings (SSSR count). The lowest BCUT2D eigenvalue weighted by atomic mass is 10.2. The molecule has 1 aliphatic heterocycles. The molecule has 2 aromatic rings. The number of nitrogens with zero attached hydrogens (tertiary/aromatic N) is 4. The average Bonchev–Trinajstić information content (AvgIpc) is 3.17. The summed E-state index contributed by atoms with van der Waals surface area (Å²) in [6.45, 7) is 6.13. The Morgan fingerprint density at radius 2 is 2.08 bits per heavy atom. The molecule has 0 atom stereocenters. The van der Waals surface area contributed by atoms with Gasteiger partial charge in [-0.05, 0) is 31.5 Å². The molecule has 128 valence electrons. The van der Waals surface area contributed by atoms with Gasteiger partial charge in [-0.1, -0.05) is 6.07 Å². The Labute approximate surface area is 140 Å². The second kappa shape index (κ2) is 7.20. The van der Waals surface area contributed by atoms with Gasteiger partial charge in [0, 0.05) is 13.6 Å². The fourth-order valence-electron chi connectivity index (χ4n) is 2.32. The topological polar surface area (TPSA) is 85.6 Å². The molecule has 1 aromatic carbocycles. The number of rotatable bonds is 5. The predicted octanol–water partition coefficient (Wildman–Crippen LogP) is 1.11. The van der Waals surface area contributed by atoms with Gasteiger partial charge in [-0.25, -0.2) is 4.99 Å². The van der Waals surface area contributed by atoms with Gasteiger partial charge in [0.05, 0.1) is 13.1 Å². The molecule has 8 nitrogen and oxygen atoms in total. The van der Waals surface area contributed by atoms with Gasteiger partial charge in [0.25, 0.3) is 0 Å². The van der Waals surface area contributed by atoms with Gasteiger partial charge >= 0.3 is 0 Å². The minimum Gasteiger partial charge on any atom is -0.454 e. The van der Waals surface area contributed by atoms with Crippen molar-refractivity contribution in [2.45, 2.75) is 26.9 Å². The second-order valence-electron chi connectivity index (χ2n) is 5.46. The van der Waals surface area contributed by atoms with Gasteiger partial charge < -0.3 is 24.7 Å². The summed E-state index contributed by atoms with van der Waals surface area (Å²) in [5.41, 5.74) is 1.06. The molecular weight excluding hydrogens is 308 g/mol. The Morgan fingerprint density at radius 3 is 2.83 bits per heavy atom. The van der Waals surface area contributed by atoms with Gasteiger partial charge in [-0.3, -0.25) is 0 Å². The van der Waals surface area contributed by atoms with E-state index in [4.69, 9.17) is 9.47 Å². The number of guanidine groups is 1. The Kier molecular flexibility index (Phi) is 4.83. The lowest BCUT2D eigenvalue weighted by molar-refractivity contribution is 0.174. The highest BCUT2D eigenvalue weighted by atomic mass is 16.7. The minimum atomic E-state index is 0.281. The summed E-state index contributed by atoms with van der Waals surface area (Å²) in [4.78, 5) is 4.60. The van der Waals surface area contributed by atoms with Crippen LogP contribution in [0, 0.1) is 6.92 Å². The van der Waals surface area contributed by atoms with Gasteiger partial charge in [0.1, 0.15) is 5.82 Å². The molecule has 0 saturated heterocycles. The first-order valence-electron chi connectivity index (χ1n) is 7.93. The highest BCUT2D eigenvalue weighted by molar-refractivity contribution is 5.79. The van der Waals surface area contributed by atoms with Crippen molar-refractivity contribution in [3.63, 3.8) is 0 Å². The maximum absolute atomic E-state index is 5.39. The van der Waals surface area contributed by atoms with Crippen molar-refractivity contribution in [3.8, 4) is 11.5 Å². The van der Waals surface area contributed by atoms with Crippen molar-refractivity contribution in [2.24, 2.45) is 12.0 Å². The molecule has 2 N–H and O–H groups in total. The summed E-state index contributed by atoms with van der Waals surface area (Å²) in [5, 5.41) is 14.7. The van der Waals surface area contributed by atoms with E-state index >= 15 is 0 Å². The van der Waals surface area contributed by atoms with Gasteiger partial charge in [-0.2, -0.15) is 0 Å². The lowest BCUT2D eigenvalue weighted by Gasteiger charge is -2.11. The smallest absolute Gasteiger partial charge is 0.231 e.